The van der Waals surface area contributed by atoms with Gasteiger partial charge in [0.15, 0.2) is 0 Å². The van der Waals surface area contributed by atoms with Gasteiger partial charge in [-0.15, -0.1) is 11.8 Å². The normalized spacial score (nSPS) is 10.5. The standard InChI is InChI=1S/C13H10N4OS/c1-2-4-10(5-3-1)19-9-12-16-13(17-18-12)11-8-14-6-7-15-11/h1-8H,9H2. The third kappa shape index (κ3) is 2.97. The minimum atomic E-state index is 0.469. The van der Waals surface area contributed by atoms with Crippen molar-refractivity contribution in [3.8, 4) is 11.5 Å². The lowest BCUT2D eigenvalue weighted by Gasteiger charge is -1.96. The molecule has 0 aliphatic heterocycles. The van der Waals surface area contributed by atoms with Gasteiger partial charge in [0.2, 0.25) is 11.7 Å². The molecule has 2 heterocycles. The molecule has 94 valence electrons. The fraction of sp³-hybridized carbons (Fsp3) is 0.0769. The van der Waals surface area contributed by atoms with Gasteiger partial charge in [0, 0.05) is 17.3 Å². The van der Waals surface area contributed by atoms with Crippen LogP contribution in [0.2, 0.25) is 0 Å². The van der Waals surface area contributed by atoms with E-state index in [2.05, 4.69) is 20.1 Å². The van der Waals surface area contributed by atoms with Crippen LogP contribution in [0.25, 0.3) is 11.5 Å². The van der Waals surface area contributed by atoms with Gasteiger partial charge in [-0.25, -0.2) is 4.98 Å². The van der Waals surface area contributed by atoms with Gasteiger partial charge in [-0.2, -0.15) is 4.98 Å². The zero-order valence-electron chi connectivity index (χ0n) is 9.93. The monoisotopic (exact) mass is 270 g/mol. The molecule has 5 nitrogen and oxygen atoms in total. The highest BCUT2D eigenvalue weighted by molar-refractivity contribution is 7.98. The van der Waals surface area contributed by atoms with Crippen molar-refractivity contribution in [3.05, 3.63) is 54.8 Å². The Morgan fingerprint density at radius 1 is 1.11 bits per heavy atom. The Labute approximate surface area is 114 Å². The molecule has 0 saturated carbocycles. The average Bonchev–Trinajstić information content (AvgIpc) is 2.96. The lowest BCUT2D eigenvalue weighted by atomic mass is 10.4. The minimum absolute atomic E-state index is 0.469. The van der Waals surface area contributed by atoms with Crippen molar-refractivity contribution >= 4 is 11.8 Å². The third-order valence-corrected chi connectivity index (χ3v) is 3.36. The molecular formula is C13H10N4OS. The predicted molar refractivity (Wildman–Crippen MR) is 71.3 cm³/mol. The maximum Gasteiger partial charge on any atom is 0.237 e. The SMILES string of the molecule is c1ccc(SCc2nc(-c3cnccn3)no2)cc1. The first-order chi connectivity index (χ1) is 9.42. The Morgan fingerprint density at radius 2 is 2.00 bits per heavy atom. The molecule has 2 aromatic heterocycles. The molecule has 0 N–H and O–H groups in total. The van der Waals surface area contributed by atoms with E-state index >= 15 is 0 Å². The number of nitrogens with zero attached hydrogens (tertiary/aromatic N) is 4. The van der Waals surface area contributed by atoms with Crippen LogP contribution in [-0.4, -0.2) is 20.1 Å². The molecule has 0 aliphatic carbocycles. The Balaban J connectivity index is 1.69. The minimum Gasteiger partial charge on any atom is -0.338 e. The third-order valence-electron chi connectivity index (χ3n) is 2.37. The topological polar surface area (TPSA) is 64.7 Å². The lowest BCUT2D eigenvalue weighted by Crippen LogP contribution is -1.86. The van der Waals surface area contributed by atoms with Crippen LogP contribution in [0, 0.1) is 0 Å². The van der Waals surface area contributed by atoms with E-state index in [-0.39, 0.29) is 0 Å². The Bertz CT molecular complexity index is 642. The van der Waals surface area contributed by atoms with Crippen molar-refractivity contribution in [3.63, 3.8) is 0 Å². The van der Waals surface area contributed by atoms with Crippen LogP contribution in [0.5, 0.6) is 0 Å². The van der Waals surface area contributed by atoms with Crippen LogP contribution < -0.4 is 0 Å². The molecule has 0 saturated heterocycles. The Kier molecular flexibility index (Phi) is 3.51. The molecule has 1 aromatic carbocycles. The molecule has 6 heteroatoms. The zero-order valence-corrected chi connectivity index (χ0v) is 10.7. The number of benzene rings is 1. The van der Waals surface area contributed by atoms with Gasteiger partial charge in [0.25, 0.3) is 0 Å². The molecule has 0 amide bonds. The zero-order chi connectivity index (χ0) is 12.9. The second-order valence-electron chi connectivity index (χ2n) is 3.70. The number of rotatable bonds is 4. The summed E-state index contributed by atoms with van der Waals surface area (Å²) < 4.78 is 5.19. The highest BCUT2D eigenvalue weighted by Crippen LogP contribution is 2.22. The largest absolute Gasteiger partial charge is 0.338 e. The molecular weight excluding hydrogens is 260 g/mol. The average molecular weight is 270 g/mol. The fourth-order valence-corrected chi connectivity index (χ4v) is 2.25. The van der Waals surface area contributed by atoms with Crippen LogP contribution in [0.1, 0.15) is 5.89 Å². The van der Waals surface area contributed by atoms with Crippen LogP contribution in [0.15, 0.2) is 58.3 Å². The van der Waals surface area contributed by atoms with Crippen molar-refractivity contribution in [2.75, 3.05) is 0 Å². The quantitative estimate of drug-likeness (QED) is 0.679. The summed E-state index contributed by atoms with van der Waals surface area (Å²) in [7, 11) is 0. The van der Waals surface area contributed by atoms with Gasteiger partial charge in [0.1, 0.15) is 5.69 Å². The summed E-state index contributed by atoms with van der Waals surface area (Å²) in [5.74, 6) is 1.68. The van der Waals surface area contributed by atoms with Crippen molar-refractivity contribution in [2.45, 2.75) is 10.6 Å². The van der Waals surface area contributed by atoms with Gasteiger partial charge < -0.3 is 4.52 Å². The van der Waals surface area contributed by atoms with Crippen molar-refractivity contribution in [1.82, 2.24) is 20.1 Å². The first-order valence-electron chi connectivity index (χ1n) is 5.68. The van der Waals surface area contributed by atoms with Crippen molar-refractivity contribution in [1.29, 1.82) is 0 Å². The van der Waals surface area contributed by atoms with E-state index in [9.17, 15) is 0 Å². The highest BCUT2D eigenvalue weighted by Gasteiger charge is 2.09. The van der Waals surface area contributed by atoms with Crippen LogP contribution in [0.4, 0.5) is 0 Å². The van der Waals surface area contributed by atoms with E-state index < -0.39 is 0 Å². The summed E-state index contributed by atoms with van der Waals surface area (Å²) in [5, 5.41) is 3.90. The molecule has 0 unspecified atom stereocenters. The number of hydrogen-bond donors (Lipinski definition) is 0. The molecule has 0 bridgehead atoms. The van der Waals surface area contributed by atoms with E-state index in [1.54, 1.807) is 30.4 Å². The molecule has 0 aliphatic rings. The summed E-state index contributed by atoms with van der Waals surface area (Å²) in [6.07, 6.45) is 4.82. The number of hydrogen-bond acceptors (Lipinski definition) is 6. The van der Waals surface area contributed by atoms with E-state index in [1.807, 2.05) is 30.3 Å². The fourth-order valence-electron chi connectivity index (χ4n) is 1.49. The van der Waals surface area contributed by atoms with E-state index in [0.29, 0.717) is 23.2 Å². The summed E-state index contributed by atoms with van der Waals surface area (Å²) in [4.78, 5) is 13.6. The lowest BCUT2D eigenvalue weighted by molar-refractivity contribution is 0.391. The maximum absolute atomic E-state index is 5.19. The van der Waals surface area contributed by atoms with Crippen molar-refractivity contribution in [2.24, 2.45) is 0 Å². The van der Waals surface area contributed by atoms with Gasteiger partial charge in [-0.1, -0.05) is 23.4 Å². The molecule has 3 rings (SSSR count). The second kappa shape index (κ2) is 5.62. The Morgan fingerprint density at radius 3 is 2.79 bits per heavy atom. The molecule has 0 radical (unpaired) electrons. The van der Waals surface area contributed by atoms with E-state index in [1.165, 1.54) is 4.90 Å². The van der Waals surface area contributed by atoms with Gasteiger partial charge in [-0.3, -0.25) is 4.98 Å². The first kappa shape index (κ1) is 11.9. The van der Waals surface area contributed by atoms with Crippen LogP contribution >= 0.6 is 11.8 Å². The highest BCUT2D eigenvalue weighted by atomic mass is 32.2. The molecule has 0 spiro atoms. The number of thioether (sulfide) groups is 1. The predicted octanol–water partition coefficient (Wildman–Crippen LogP) is 2.82. The van der Waals surface area contributed by atoms with E-state index in [0.717, 1.165) is 0 Å². The van der Waals surface area contributed by atoms with Crippen LogP contribution in [-0.2, 0) is 5.75 Å². The molecule has 3 aromatic rings. The van der Waals surface area contributed by atoms with E-state index in [4.69, 9.17) is 4.52 Å². The van der Waals surface area contributed by atoms with Gasteiger partial charge in [-0.05, 0) is 12.1 Å². The van der Waals surface area contributed by atoms with Crippen molar-refractivity contribution < 1.29 is 4.52 Å². The summed E-state index contributed by atoms with van der Waals surface area (Å²) in [5.41, 5.74) is 0.613. The Hall–Kier alpha value is -2.21. The molecule has 0 fully saturated rings. The second-order valence-corrected chi connectivity index (χ2v) is 4.75. The van der Waals surface area contributed by atoms with Gasteiger partial charge in [0.05, 0.1) is 11.9 Å². The van der Waals surface area contributed by atoms with Gasteiger partial charge >= 0.3 is 0 Å². The summed E-state index contributed by atoms with van der Waals surface area (Å²) >= 11 is 1.65. The summed E-state index contributed by atoms with van der Waals surface area (Å²) in [6, 6.07) is 10.1. The summed E-state index contributed by atoms with van der Waals surface area (Å²) in [6.45, 7) is 0. The first-order valence-corrected chi connectivity index (χ1v) is 6.67. The smallest absolute Gasteiger partial charge is 0.237 e. The maximum atomic E-state index is 5.19. The molecule has 19 heavy (non-hydrogen) atoms. The molecule has 0 atom stereocenters. The van der Waals surface area contributed by atoms with Crippen LogP contribution in [0.3, 0.4) is 0 Å². The number of aromatic nitrogens is 4.